The number of benzene rings is 1. The summed E-state index contributed by atoms with van der Waals surface area (Å²) in [6.07, 6.45) is 3.77. The van der Waals surface area contributed by atoms with Crippen molar-refractivity contribution in [3.63, 3.8) is 0 Å². The van der Waals surface area contributed by atoms with Crippen LogP contribution in [0.5, 0.6) is 5.75 Å². The summed E-state index contributed by atoms with van der Waals surface area (Å²) in [6, 6.07) is 6.93. The molecule has 0 aliphatic carbocycles. The number of amides is 1. The van der Waals surface area contributed by atoms with Crippen LogP contribution in [0.4, 0.5) is 0 Å². The lowest BCUT2D eigenvalue weighted by Crippen LogP contribution is -2.35. The molecule has 1 aromatic rings. The molecule has 2 aliphatic rings. The third-order valence-corrected chi connectivity index (χ3v) is 4.88. The van der Waals surface area contributed by atoms with Gasteiger partial charge in [0.2, 0.25) is 0 Å². The molecule has 2 saturated heterocycles. The van der Waals surface area contributed by atoms with E-state index in [9.17, 15) is 9.90 Å². The predicted octanol–water partition coefficient (Wildman–Crippen LogP) is 2.77. The number of para-hydroxylation sites is 1. The highest BCUT2D eigenvalue weighted by atomic mass is 32.2. The monoisotopic (exact) mass is 321 g/mol. The van der Waals surface area contributed by atoms with Crippen LogP contribution in [0.25, 0.3) is 6.08 Å². The van der Waals surface area contributed by atoms with E-state index in [4.69, 9.17) is 17.0 Å². The Labute approximate surface area is 132 Å². The molecule has 1 N–H and O–H groups in total. The van der Waals surface area contributed by atoms with Crippen molar-refractivity contribution >= 4 is 40.3 Å². The number of nitrogens with zero attached hydrogens (tertiary/aromatic N) is 1. The van der Waals surface area contributed by atoms with E-state index in [0.29, 0.717) is 21.3 Å². The van der Waals surface area contributed by atoms with E-state index in [-0.39, 0.29) is 17.8 Å². The van der Waals surface area contributed by atoms with Gasteiger partial charge in [0, 0.05) is 12.2 Å². The largest absolute Gasteiger partial charge is 0.507 e. The van der Waals surface area contributed by atoms with Crippen LogP contribution < -0.4 is 0 Å². The maximum Gasteiger partial charge on any atom is 0.266 e. The third kappa shape index (κ3) is 3.12. The summed E-state index contributed by atoms with van der Waals surface area (Å²) in [4.78, 5) is 14.6. The van der Waals surface area contributed by atoms with E-state index in [1.807, 2.05) is 6.07 Å². The molecule has 3 rings (SSSR count). The van der Waals surface area contributed by atoms with Crippen molar-refractivity contribution < 1.29 is 14.6 Å². The summed E-state index contributed by atoms with van der Waals surface area (Å²) >= 11 is 6.56. The summed E-state index contributed by atoms with van der Waals surface area (Å²) in [5.41, 5.74) is 0.620. The SMILES string of the molecule is O=C1/C(=C/c2ccccc2O)SC(=S)N1C[C@H]1CCCO1. The lowest BCUT2D eigenvalue weighted by molar-refractivity contribution is -0.123. The average molecular weight is 321 g/mol. The molecule has 0 unspecified atom stereocenters. The number of hydrogen-bond donors (Lipinski definition) is 1. The second kappa shape index (κ2) is 6.17. The van der Waals surface area contributed by atoms with Gasteiger partial charge in [0.05, 0.1) is 17.6 Å². The number of ether oxygens (including phenoxy) is 1. The van der Waals surface area contributed by atoms with E-state index >= 15 is 0 Å². The minimum Gasteiger partial charge on any atom is -0.507 e. The first-order chi connectivity index (χ1) is 10.1. The minimum absolute atomic E-state index is 0.0805. The standard InChI is InChI=1S/C15H15NO3S2/c17-12-6-2-1-4-10(12)8-13-14(18)16(15(20)21-13)9-11-5-3-7-19-11/h1-2,4,6,8,11,17H,3,5,7,9H2/b13-8-/t11-/m1/s1. The summed E-state index contributed by atoms with van der Waals surface area (Å²) in [7, 11) is 0. The Hall–Kier alpha value is -1.37. The lowest BCUT2D eigenvalue weighted by Gasteiger charge is -2.18. The smallest absolute Gasteiger partial charge is 0.266 e. The van der Waals surface area contributed by atoms with E-state index in [1.54, 1.807) is 29.2 Å². The van der Waals surface area contributed by atoms with Gasteiger partial charge >= 0.3 is 0 Å². The Morgan fingerprint density at radius 3 is 3.00 bits per heavy atom. The van der Waals surface area contributed by atoms with Crippen molar-refractivity contribution in [1.29, 1.82) is 0 Å². The van der Waals surface area contributed by atoms with Gasteiger partial charge in [-0.05, 0) is 25.0 Å². The number of phenolic OH excluding ortho intramolecular Hbond substituents is 1. The van der Waals surface area contributed by atoms with Crippen molar-refractivity contribution in [2.45, 2.75) is 18.9 Å². The Bertz CT molecular complexity index is 609. The Morgan fingerprint density at radius 2 is 2.29 bits per heavy atom. The zero-order valence-corrected chi connectivity index (χ0v) is 13.0. The van der Waals surface area contributed by atoms with Crippen LogP contribution in [0.1, 0.15) is 18.4 Å². The van der Waals surface area contributed by atoms with Gasteiger partial charge in [0.1, 0.15) is 10.1 Å². The molecule has 21 heavy (non-hydrogen) atoms. The van der Waals surface area contributed by atoms with Gasteiger partial charge in [-0.2, -0.15) is 0 Å². The molecular weight excluding hydrogens is 306 g/mol. The summed E-state index contributed by atoms with van der Waals surface area (Å²) < 4.78 is 6.11. The van der Waals surface area contributed by atoms with Crippen LogP contribution >= 0.6 is 24.0 Å². The lowest BCUT2D eigenvalue weighted by atomic mass is 10.2. The van der Waals surface area contributed by atoms with Crippen LogP contribution in [0.2, 0.25) is 0 Å². The summed E-state index contributed by atoms with van der Waals surface area (Å²) in [5, 5.41) is 9.79. The Morgan fingerprint density at radius 1 is 1.48 bits per heavy atom. The molecule has 0 bridgehead atoms. The molecule has 110 valence electrons. The number of thioether (sulfide) groups is 1. The zero-order valence-electron chi connectivity index (χ0n) is 11.3. The zero-order chi connectivity index (χ0) is 14.8. The molecule has 4 nitrogen and oxygen atoms in total. The third-order valence-electron chi connectivity index (χ3n) is 3.51. The first-order valence-electron chi connectivity index (χ1n) is 6.80. The molecule has 6 heteroatoms. The molecule has 1 aromatic carbocycles. The van der Waals surface area contributed by atoms with E-state index in [1.165, 1.54) is 11.8 Å². The number of hydrogen-bond acceptors (Lipinski definition) is 5. The maximum atomic E-state index is 12.4. The number of thiocarbonyl (C=S) groups is 1. The molecular formula is C15H15NO3S2. The molecule has 2 heterocycles. The maximum absolute atomic E-state index is 12.4. The first-order valence-corrected chi connectivity index (χ1v) is 8.02. The Balaban J connectivity index is 1.78. The van der Waals surface area contributed by atoms with Crippen molar-refractivity contribution in [1.82, 2.24) is 4.90 Å². The van der Waals surface area contributed by atoms with Gasteiger partial charge in [-0.1, -0.05) is 42.2 Å². The second-order valence-corrected chi connectivity index (χ2v) is 6.66. The number of phenols is 1. The highest BCUT2D eigenvalue weighted by Crippen LogP contribution is 2.34. The van der Waals surface area contributed by atoms with Crippen LogP contribution in [0.15, 0.2) is 29.2 Å². The fourth-order valence-corrected chi connectivity index (χ4v) is 3.67. The Kier molecular flexibility index (Phi) is 4.28. The molecule has 1 amide bonds. The minimum atomic E-state index is -0.108. The average Bonchev–Trinajstić information content (AvgIpc) is 3.06. The van der Waals surface area contributed by atoms with E-state index in [0.717, 1.165) is 19.4 Å². The summed E-state index contributed by atoms with van der Waals surface area (Å²) in [6.45, 7) is 1.27. The fourth-order valence-electron chi connectivity index (χ4n) is 2.40. The van der Waals surface area contributed by atoms with Crippen molar-refractivity contribution in [2.24, 2.45) is 0 Å². The van der Waals surface area contributed by atoms with Crippen molar-refractivity contribution in [3.05, 3.63) is 34.7 Å². The van der Waals surface area contributed by atoms with Gasteiger partial charge in [0.25, 0.3) is 5.91 Å². The molecule has 2 fully saturated rings. The van der Waals surface area contributed by atoms with Crippen LogP contribution in [-0.2, 0) is 9.53 Å². The van der Waals surface area contributed by atoms with E-state index < -0.39 is 0 Å². The van der Waals surface area contributed by atoms with Crippen molar-refractivity contribution in [2.75, 3.05) is 13.2 Å². The molecule has 2 aliphatic heterocycles. The van der Waals surface area contributed by atoms with Gasteiger partial charge in [0.15, 0.2) is 0 Å². The molecule has 0 radical (unpaired) electrons. The quantitative estimate of drug-likeness (QED) is 0.685. The fraction of sp³-hybridized carbons (Fsp3) is 0.333. The highest BCUT2D eigenvalue weighted by molar-refractivity contribution is 8.26. The number of rotatable bonds is 3. The first kappa shape index (κ1) is 14.6. The van der Waals surface area contributed by atoms with Gasteiger partial charge in [-0.3, -0.25) is 9.69 Å². The van der Waals surface area contributed by atoms with Crippen LogP contribution in [0.3, 0.4) is 0 Å². The summed E-state index contributed by atoms with van der Waals surface area (Å²) in [5.74, 6) is 0.0469. The molecule has 1 atom stereocenters. The van der Waals surface area contributed by atoms with Crippen LogP contribution in [-0.4, -0.2) is 39.5 Å². The number of carbonyl (C=O) groups excluding carboxylic acids is 1. The molecule has 0 saturated carbocycles. The van der Waals surface area contributed by atoms with Gasteiger partial charge in [-0.15, -0.1) is 0 Å². The predicted molar refractivity (Wildman–Crippen MR) is 87.0 cm³/mol. The number of carbonyl (C=O) groups is 1. The van der Waals surface area contributed by atoms with Gasteiger partial charge in [-0.25, -0.2) is 0 Å². The topological polar surface area (TPSA) is 49.8 Å². The normalized spacial score (nSPS) is 24.3. The molecule has 0 aromatic heterocycles. The van der Waals surface area contributed by atoms with Gasteiger partial charge < -0.3 is 9.84 Å². The number of aromatic hydroxyl groups is 1. The van der Waals surface area contributed by atoms with Crippen LogP contribution in [0, 0.1) is 0 Å². The molecule has 0 spiro atoms. The highest BCUT2D eigenvalue weighted by Gasteiger charge is 2.34. The van der Waals surface area contributed by atoms with E-state index in [2.05, 4.69) is 0 Å². The van der Waals surface area contributed by atoms with Crippen molar-refractivity contribution in [3.8, 4) is 5.75 Å². The second-order valence-electron chi connectivity index (χ2n) is 4.99.